The average Bonchev–Trinajstić information content (AvgIpc) is 2.87. The molecule has 0 aromatic heterocycles. The predicted molar refractivity (Wildman–Crippen MR) is 145 cm³/mol. The van der Waals surface area contributed by atoms with Crippen molar-refractivity contribution in [3.05, 3.63) is 108 Å². The Morgan fingerprint density at radius 1 is 0.811 bits per heavy atom. The van der Waals surface area contributed by atoms with Crippen LogP contribution in [-0.4, -0.2) is 47.0 Å². The molecule has 8 heteroatoms. The van der Waals surface area contributed by atoms with E-state index in [0.29, 0.717) is 0 Å². The lowest BCUT2D eigenvalue weighted by atomic mass is 9.84. The highest BCUT2D eigenvalue weighted by atomic mass is 32.2. The van der Waals surface area contributed by atoms with Gasteiger partial charge in [-0.25, -0.2) is 4.79 Å². The zero-order valence-electron chi connectivity index (χ0n) is 21.1. The van der Waals surface area contributed by atoms with E-state index < -0.39 is 40.9 Å². The molecule has 2 amide bonds. The van der Waals surface area contributed by atoms with E-state index in [9.17, 15) is 14.4 Å². The highest BCUT2D eigenvalue weighted by Gasteiger charge is 2.38. The van der Waals surface area contributed by atoms with Crippen LogP contribution in [0, 0.1) is 0 Å². The number of carbonyl (C=O) groups excluding carboxylic acids is 2. The van der Waals surface area contributed by atoms with Crippen molar-refractivity contribution in [2.24, 2.45) is 0 Å². The number of rotatable bonds is 10. The van der Waals surface area contributed by atoms with Crippen LogP contribution in [0.4, 0.5) is 4.79 Å². The number of carboxylic acids is 1. The van der Waals surface area contributed by atoms with Gasteiger partial charge in [0.2, 0.25) is 5.91 Å². The summed E-state index contributed by atoms with van der Waals surface area (Å²) >= 11 is 1.48. The lowest BCUT2D eigenvalue weighted by Crippen LogP contribution is -2.51. The SMILES string of the molecule is CC(C)(C)OC(=O)N[C@@H](CSC(c1ccccc1)(c1ccccc1)c1ccccc1)C(=O)NCC(=O)O. The third kappa shape index (κ3) is 7.60. The van der Waals surface area contributed by atoms with Crippen molar-refractivity contribution < 1.29 is 24.2 Å². The Kier molecular flexibility index (Phi) is 9.36. The van der Waals surface area contributed by atoms with Crippen LogP contribution in [0.3, 0.4) is 0 Å². The van der Waals surface area contributed by atoms with E-state index in [0.717, 1.165) is 16.7 Å². The lowest BCUT2D eigenvalue weighted by molar-refractivity contribution is -0.138. The second-order valence-corrected chi connectivity index (χ2v) is 10.6. The van der Waals surface area contributed by atoms with Crippen LogP contribution in [0.2, 0.25) is 0 Å². The second-order valence-electron chi connectivity index (χ2n) is 9.40. The first kappa shape index (κ1) is 27.8. The van der Waals surface area contributed by atoms with Crippen LogP contribution in [0.5, 0.6) is 0 Å². The van der Waals surface area contributed by atoms with Crippen LogP contribution in [0.15, 0.2) is 91.0 Å². The molecule has 0 radical (unpaired) electrons. The summed E-state index contributed by atoms with van der Waals surface area (Å²) in [7, 11) is 0. The summed E-state index contributed by atoms with van der Waals surface area (Å²) in [5, 5.41) is 14.1. The van der Waals surface area contributed by atoms with Crippen LogP contribution in [0.1, 0.15) is 37.5 Å². The Balaban J connectivity index is 2.04. The van der Waals surface area contributed by atoms with Crippen molar-refractivity contribution in [3.63, 3.8) is 0 Å². The number of carboxylic acid groups (broad SMARTS) is 1. The molecule has 194 valence electrons. The third-order valence-electron chi connectivity index (χ3n) is 5.43. The number of amides is 2. The van der Waals surface area contributed by atoms with Crippen molar-refractivity contribution in [3.8, 4) is 0 Å². The summed E-state index contributed by atoms with van der Waals surface area (Å²) < 4.78 is 4.66. The van der Waals surface area contributed by atoms with Gasteiger partial charge in [0.1, 0.15) is 18.2 Å². The largest absolute Gasteiger partial charge is 0.480 e. The Morgan fingerprint density at radius 2 is 1.24 bits per heavy atom. The molecule has 0 spiro atoms. The van der Waals surface area contributed by atoms with Gasteiger partial charge in [-0.1, -0.05) is 91.0 Å². The molecule has 37 heavy (non-hydrogen) atoms. The van der Waals surface area contributed by atoms with Crippen molar-refractivity contribution in [2.75, 3.05) is 12.3 Å². The van der Waals surface area contributed by atoms with Gasteiger partial charge in [0.05, 0.1) is 4.75 Å². The molecular weight excluding hydrogens is 488 g/mol. The fourth-order valence-corrected chi connectivity index (χ4v) is 5.46. The monoisotopic (exact) mass is 520 g/mol. The zero-order chi connectivity index (χ0) is 26.9. The fraction of sp³-hybridized carbons (Fsp3) is 0.276. The summed E-state index contributed by atoms with van der Waals surface area (Å²) in [5.74, 6) is -1.64. The van der Waals surface area contributed by atoms with Crippen molar-refractivity contribution >= 4 is 29.7 Å². The summed E-state index contributed by atoms with van der Waals surface area (Å²) in [5.41, 5.74) is 2.24. The standard InChI is InChI=1S/C29H32N2O5S/c1-28(2,3)36-27(35)31-24(26(34)30-19-25(32)33)20-37-29(21-13-7-4-8-14-21,22-15-9-5-10-16-22)23-17-11-6-12-18-23/h4-18,24H,19-20H2,1-3H3,(H,30,34)(H,31,35)(H,32,33)/t24-/m0/s1. The first-order valence-corrected chi connectivity index (χ1v) is 12.9. The second kappa shape index (κ2) is 12.5. The molecule has 1 atom stereocenters. The minimum atomic E-state index is -1.18. The number of alkyl carbamates (subject to hydrolysis) is 1. The van der Waals surface area contributed by atoms with Gasteiger partial charge in [0.15, 0.2) is 0 Å². The topological polar surface area (TPSA) is 105 Å². The lowest BCUT2D eigenvalue weighted by Gasteiger charge is -2.36. The number of hydrogen-bond acceptors (Lipinski definition) is 5. The van der Waals surface area contributed by atoms with Crippen LogP contribution in [0.25, 0.3) is 0 Å². The molecule has 0 fully saturated rings. The van der Waals surface area contributed by atoms with Crippen molar-refractivity contribution in [2.45, 2.75) is 37.2 Å². The van der Waals surface area contributed by atoms with Gasteiger partial charge in [0, 0.05) is 5.75 Å². The van der Waals surface area contributed by atoms with Crippen molar-refractivity contribution in [1.82, 2.24) is 10.6 Å². The molecule has 3 rings (SSSR count). The van der Waals surface area contributed by atoms with Gasteiger partial charge >= 0.3 is 12.1 Å². The molecule has 0 aliphatic heterocycles. The predicted octanol–water partition coefficient (Wildman–Crippen LogP) is 4.81. The van der Waals surface area contributed by atoms with E-state index in [-0.39, 0.29) is 5.75 Å². The van der Waals surface area contributed by atoms with Gasteiger partial charge in [-0.05, 0) is 37.5 Å². The minimum Gasteiger partial charge on any atom is -0.480 e. The van der Waals surface area contributed by atoms with Gasteiger partial charge in [-0.2, -0.15) is 0 Å². The van der Waals surface area contributed by atoms with Gasteiger partial charge in [-0.3, -0.25) is 9.59 Å². The maximum atomic E-state index is 13.0. The summed E-state index contributed by atoms with van der Waals surface area (Å²) in [6, 6.07) is 28.8. The maximum absolute atomic E-state index is 13.0. The number of thioether (sulfide) groups is 1. The summed E-state index contributed by atoms with van der Waals surface area (Å²) in [6.07, 6.45) is -0.756. The number of carbonyl (C=O) groups is 3. The van der Waals surface area contributed by atoms with E-state index >= 15 is 0 Å². The number of nitrogens with one attached hydrogen (secondary N) is 2. The number of hydrogen-bond donors (Lipinski definition) is 3. The fourth-order valence-electron chi connectivity index (χ4n) is 3.90. The molecule has 0 bridgehead atoms. The first-order chi connectivity index (χ1) is 17.6. The maximum Gasteiger partial charge on any atom is 0.408 e. The molecule has 0 unspecified atom stereocenters. The third-order valence-corrected chi connectivity index (χ3v) is 7.07. The van der Waals surface area contributed by atoms with Gasteiger partial charge < -0.3 is 20.5 Å². The number of benzene rings is 3. The van der Waals surface area contributed by atoms with Gasteiger partial charge in [-0.15, -0.1) is 11.8 Å². The van der Waals surface area contributed by atoms with Crippen LogP contribution < -0.4 is 10.6 Å². The minimum absolute atomic E-state index is 0.142. The van der Waals surface area contributed by atoms with E-state index in [1.165, 1.54) is 11.8 Å². The number of aliphatic carboxylic acids is 1. The summed E-state index contributed by atoms with van der Waals surface area (Å²) in [4.78, 5) is 36.7. The molecule has 3 aromatic carbocycles. The van der Waals surface area contributed by atoms with Crippen LogP contribution in [-0.2, 0) is 19.1 Å². The molecule has 0 saturated carbocycles. The highest BCUT2D eigenvalue weighted by Crippen LogP contribution is 2.48. The van der Waals surface area contributed by atoms with Crippen LogP contribution >= 0.6 is 11.8 Å². The Bertz CT molecular complexity index is 1080. The number of ether oxygens (including phenoxy) is 1. The smallest absolute Gasteiger partial charge is 0.408 e. The van der Waals surface area contributed by atoms with E-state index in [1.54, 1.807) is 20.8 Å². The Labute approximate surface area is 221 Å². The quantitative estimate of drug-likeness (QED) is 0.332. The molecule has 0 aliphatic carbocycles. The first-order valence-electron chi connectivity index (χ1n) is 11.9. The van der Waals surface area contributed by atoms with E-state index in [1.807, 2.05) is 91.0 Å². The molecule has 0 saturated heterocycles. The molecule has 7 nitrogen and oxygen atoms in total. The highest BCUT2D eigenvalue weighted by molar-refractivity contribution is 8.00. The molecule has 0 aliphatic rings. The normalized spacial score (nSPS) is 12.3. The molecule has 3 N–H and O–H groups in total. The zero-order valence-corrected chi connectivity index (χ0v) is 22.0. The Hall–Kier alpha value is -3.78. The van der Waals surface area contributed by atoms with E-state index in [2.05, 4.69) is 10.6 Å². The average molecular weight is 521 g/mol. The van der Waals surface area contributed by atoms with E-state index in [4.69, 9.17) is 9.84 Å². The Morgan fingerprint density at radius 3 is 1.62 bits per heavy atom. The van der Waals surface area contributed by atoms with Gasteiger partial charge in [0.25, 0.3) is 0 Å². The molecule has 3 aromatic rings. The molecular formula is C29H32N2O5S. The summed E-state index contributed by atoms with van der Waals surface area (Å²) in [6.45, 7) is 4.63. The molecule has 0 heterocycles. The van der Waals surface area contributed by atoms with Crippen molar-refractivity contribution in [1.29, 1.82) is 0 Å².